The molecule has 2 fully saturated rings. The summed E-state index contributed by atoms with van der Waals surface area (Å²) in [5, 5.41) is 3.47. The number of halogens is 1. The van der Waals surface area contributed by atoms with Crippen LogP contribution in [0, 0.1) is 0 Å². The molecule has 0 spiro atoms. The Labute approximate surface area is 158 Å². The van der Waals surface area contributed by atoms with E-state index in [0.29, 0.717) is 12.2 Å². The molecule has 1 aromatic carbocycles. The summed E-state index contributed by atoms with van der Waals surface area (Å²) in [6.07, 6.45) is 5.08. The first-order valence-corrected chi connectivity index (χ1v) is 9.97. The van der Waals surface area contributed by atoms with E-state index >= 15 is 0 Å². The molecule has 3 rings (SSSR count). The monoisotopic (exact) mass is 409 g/mol. The van der Waals surface area contributed by atoms with Gasteiger partial charge < -0.3 is 19.7 Å². The summed E-state index contributed by atoms with van der Waals surface area (Å²) in [6, 6.07) is 8.37. The van der Waals surface area contributed by atoms with Crippen LogP contribution in [0.1, 0.15) is 31.2 Å². The number of hydrogen-bond acceptors (Lipinski definition) is 3. The van der Waals surface area contributed by atoms with Gasteiger partial charge >= 0.3 is 0 Å². The van der Waals surface area contributed by atoms with Crippen molar-refractivity contribution in [2.45, 2.75) is 44.4 Å². The number of nitrogens with one attached hydrogen (secondary N) is 1. The van der Waals surface area contributed by atoms with Gasteiger partial charge in [-0.2, -0.15) is 0 Å². The van der Waals surface area contributed by atoms with Gasteiger partial charge in [0.2, 0.25) is 0 Å². The second-order valence-electron chi connectivity index (χ2n) is 6.68. The minimum Gasteiger partial charge on any atom is -0.376 e. The maximum atomic E-state index is 6.05. The van der Waals surface area contributed by atoms with Crippen molar-refractivity contribution < 1.29 is 9.47 Å². The number of benzene rings is 1. The summed E-state index contributed by atoms with van der Waals surface area (Å²) in [7, 11) is 1.85. The van der Waals surface area contributed by atoms with Gasteiger partial charge in [-0.05, 0) is 43.4 Å². The molecule has 0 aliphatic carbocycles. The van der Waals surface area contributed by atoms with Gasteiger partial charge in [0.15, 0.2) is 5.96 Å². The van der Waals surface area contributed by atoms with E-state index in [1.807, 2.05) is 7.05 Å². The van der Waals surface area contributed by atoms with E-state index < -0.39 is 0 Å². The van der Waals surface area contributed by atoms with Gasteiger partial charge in [0.1, 0.15) is 0 Å². The molecule has 1 N–H and O–H groups in total. The lowest BCUT2D eigenvalue weighted by Gasteiger charge is -2.34. The summed E-state index contributed by atoms with van der Waals surface area (Å²) in [4.78, 5) is 6.76. The number of rotatable bonds is 5. The predicted molar refractivity (Wildman–Crippen MR) is 104 cm³/mol. The van der Waals surface area contributed by atoms with Crippen LogP contribution >= 0.6 is 15.9 Å². The summed E-state index contributed by atoms with van der Waals surface area (Å²) in [6.45, 7) is 4.40. The molecule has 138 valence electrons. The van der Waals surface area contributed by atoms with Gasteiger partial charge in [-0.1, -0.05) is 28.1 Å². The lowest BCUT2D eigenvalue weighted by atomic mass is 10.1. The highest BCUT2D eigenvalue weighted by atomic mass is 79.9. The fraction of sp³-hybridized carbons (Fsp3) is 0.632. The Kier molecular flexibility index (Phi) is 7.13. The fourth-order valence-electron chi connectivity index (χ4n) is 3.37. The van der Waals surface area contributed by atoms with Crippen molar-refractivity contribution in [1.29, 1.82) is 0 Å². The second kappa shape index (κ2) is 9.55. The third-order valence-electron chi connectivity index (χ3n) is 4.86. The molecular weight excluding hydrogens is 382 g/mol. The second-order valence-corrected chi connectivity index (χ2v) is 7.60. The first kappa shape index (κ1) is 18.7. The number of ether oxygens (including phenoxy) is 2. The smallest absolute Gasteiger partial charge is 0.193 e. The van der Waals surface area contributed by atoms with Gasteiger partial charge in [-0.15, -0.1) is 0 Å². The molecule has 2 aliphatic rings. The average molecular weight is 410 g/mol. The lowest BCUT2D eigenvalue weighted by Crippen LogP contribution is -2.47. The van der Waals surface area contributed by atoms with Gasteiger partial charge in [0.05, 0.1) is 18.8 Å². The van der Waals surface area contributed by atoms with Gasteiger partial charge in [0, 0.05) is 37.8 Å². The van der Waals surface area contributed by atoms with Crippen LogP contribution in [0.15, 0.2) is 33.7 Å². The van der Waals surface area contributed by atoms with Gasteiger partial charge in [-0.25, -0.2) is 0 Å². The van der Waals surface area contributed by atoms with Crippen molar-refractivity contribution >= 4 is 21.9 Å². The molecule has 2 heterocycles. The minimum absolute atomic E-state index is 0.318. The van der Waals surface area contributed by atoms with Crippen LogP contribution in [0.2, 0.25) is 0 Å². The third kappa shape index (κ3) is 5.69. The molecule has 1 unspecified atom stereocenters. The number of hydrogen-bond donors (Lipinski definition) is 1. The standard InChI is InChI=1S/C19H28BrN3O2/c1-21-19(22-13-15-4-6-16(20)7-5-15)23-10-8-17(9-11-23)25-14-18-3-2-12-24-18/h4-7,17-18H,2-3,8-14H2,1H3,(H,21,22). The third-order valence-corrected chi connectivity index (χ3v) is 5.39. The minimum atomic E-state index is 0.318. The zero-order valence-electron chi connectivity index (χ0n) is 14.9. The molecule has 25 heavy (non-hydrogen) atoms. The molecule has 0 aromatic heterocycles. The topological polar surface area (TPSA) is 46.1 Å². The Hall–Kier alpha value is -1.11. The quantitative estimate of drug-likeness (QED) is 0.598. The first-order valence-electron chi connectivity index (χ1n) is 9.18. The zero-order valence-corrected chi connectivity index (χ0v) is 16.5. The average Bonchev–Trinajstić information content (AvgIpc) is 3.16. The summed E-state index contributed by atoms with van der Waals surface area (Å²) < 4.78 is 12.8. The van der Waals surface area contributed by atoms with Crippen LogP contribution < -0.4 is 5.32 Å². The molecule has 0 amide bonds. The molecule has 2 saturated heterocycles. The molecule has 0 bridgehead atoms. The van der Waals surface area contributed by atoms with Crippen LogP contribution in [-0.4, -0.2) is 56.4 Å². The Bertz CT molecular complexity index is 550. The SMILES string of the molecule is CN=C(NCc1ccc(Br)cc1)N1CCC(OCC2CCCO2)CC1. The molecule has 0 saturated carbocycles. The van der Waals surface area contributed by atoms with Crippen LogP contribution in [0.4, 0.5) is 0 Å². The maximum absolute atomic E-state index is 6.05. The molecular formula is C19H28BrN3O2. The summed E-state index contributed by atoms with van der Waals surface area (Å²) >= 11 is 3.47. The molecule has 1 atom stereocenters. The first-order chi connectivity index (χ1) is 12.2. The van der Waals surface area contributed by atoms with Gasteiger partial charge in [-0.3, -0.25) is 4.99 Å². The van der Waals surface area contributed by atoms with E-state index in [-0.39, 0.29) is 0 Å². The highest BCUT2D eigenvalue weighted by molar-refractivity contribution is 9.10. The summed E-state index contributed by atoms with van der Waals surface area (Å²) in [5.41, 5.74) is 1.25. The van der Waals surface area contributed by atoms with Crippen molar-refractivity contribution in [3.05, 3.63) is 34.3 Å². The van der Waals surface area contributed by atoms with Crippen molar-refractivity contribution in [3.8, 4) is 0 Å². The van der Waals surface area contributed by atoms with Crippen LogP contribution in [0.5, 0.6) is 0 Å². The largest absolute Gasteiger partial charge is 0.376 e. The number of aliphatic imine (C=N–C) groups is 1. The normalized spacial score (nSPS) is 22.4. The Balaban J connectivity index is 1.40. The van der Waals surface area contributed by atoms with Crippen molar-refractivity contribution in [3.63, 3.8) is 0 Å². The highest BCUT2D eigenvalue weighted by Gasteiger charge is 2.24. The molecule has 5 nitrogen and oxygen atoms in total. The zero-order chi connectivity index (χ0) is 17.5. The molecule has 0 radical (unpaired) electrons. The van der Waals surface area contributed by atoms with Crippen molar-refractivity contribution in [2.24, 2.45) is 4.99 Å². The Morgan fingerprint density at radius 2 is 2.04 bits per heavy atom. The molecule has 6 heteroatoms. The van der Waals surface area contributed by atoms with Crippen LogP contribution in [-0.2, 0) is 16.0 Å². The van der Waals surface area contributed by atoms with E-state index in [2.05, 4.69) is 55.4 Å². The molecule has 2 aliphatic heterocycles. The van der Waals surface area contributed by atoms with Crippen LogP contribution in [0.3, 0.4) is 0 Å². The molecule has 1 aromatic rings. The Morgan fingerprint density at radius 1 is 1.28 bits per heavy atom. The highest BCUT2D eigenvalue weighted by Crippen LogP contribution is 2.18. The number of guanidine groups is 1. The van der Waals surface area contributed by atoms with E-state index in [1.54, 1.807) is 0 Å². The number of nitrogens with zero attached hydrogens (tertiary/aromatic N) is 2. The number of piperidine rings is 1. The van der Waals surface area contributed by atoms with Crippen molar-refractivity contribution in [2.75, 3.05) is 33.4 Å². The van der Waals surface area contributed by atoms with E-state index in [9.17, 15) is 0 Å². The van der Waals surface area contributed by atoms with E-state index in [0.717, 1.165) is 62.5 Å². The van der Waals surface area contributed by atoms with Gasteiger partial charge in [0.25, 0.3) is 0 Å². The predicted octanol–water partition coefficient (Wildman–Crippen LogP) is 3.18. The van der Waals surface area contributed by atoms with E-state index in [1.165, 1.54) is 12.0 Å². The number of likely N-dealkylation sites (tertiary alicyclic amines) is 1. The Morgan fingerprint density at radius 3 is 2.68 bits per heavy atom. The van der Waals surface area contributed by atoms with Crippen molar-refractivity contribution in [1.82, 2.24) is 10.2 Å². The van der Waals surface area contributed by atoms with E-state index in [4.69, 9.17) is 9.47 Å². The summed E-state index contributed by atoms with van der Waals surface area (Å²) in [5.74, 6) is 0.973. The fourth-order valence-corrected chi connectivity index (χ4v) is 3.63. The maximum Gasteiger partial charge on any atom is 0.193 e. The van der Waals surface area contributed by atoms with Crippen LogP contribution in [0.25, 0.3) is 0 Å². The lowest BCUT2D eigenvalue weighted by molar-refractivity contribution is -0.0367.